The summed E-state index contributed by atoms with van der Waals surface area (Å²) < 4.78 is 29.7. The maximum Gasteiger partial charge on any atom is 0.301 e. The number of hydrogen-bond acceptors (Lipinski definition) is 13. The number of carboxylic acids is 1. The third kappa shape index (κ3) is 7.96. The molecule has 7 unspecified atom stereocenters. The quantitative estimate of drug-likeness (QED) is 0.0974. The third-order valence-corrected chi connectivity index (χ3v) is 12.6. The average molecular weight is 724 g/mol. The Kier molecular flexibility index (Phi) is 11.6. The fraction of sp³-hybridized carbons (Fsp3) is 0.889. The lowest BCUT2D eigenvalue weighted by atomic mass is 9.71. The van der Waals surface area contributed by atoms with Crippen LogP contribution in [0.1, 0.15) is 103 Å². The Balaban J connectivity index is 1.07. The predicted molar refractivity (Wildman–Crippen MR) is 176 cm³/mol. The summed E-state index contributed by atoms with van der Waals surface area (Å²) in [5, 5.41) is 84.8. The molecule has 3 aliphatic heterocycles. The third-order valence-electron chi connectivity index (χ3n) is 12.6. The van der Waals surface area contributed by atoms with Gasteiger partial charge in [0, 0.05) is 31.6 Å². The molecule has 4 saturated carbocycles. The maximum atomic E-state index is 12.3. The average Bonchev–Trinajstić information content (AvgIpc) is 3.82. The first-order chi connectivity index (χ1) is 24.4. The number of ether oxygens (including phenoxy) is 5. The molecular formula is C36H55N2O13+. The van der Waals surface area contributed by atoms with Crippen LogP contribution >= 0.6 is 0 Å². The van der Waals surface area contributed by atoms with Crippen LogP contribution in [0.3, 0.4) is 0 Å². The van der Waals surface area contributed by atoms with Crippen molar-refractivity contribution in [3.8, 4) is 0 Å². The molecule has 7 N–H and O–H groups in total. The molecule has 0 amide bonds. The Hall–Kier alpha value is -1.60. The second kappa shape index (κ2) is 15.6. The lowest BCUT2D eigenvalue weighted by molar-refractivity contribution is -0.386. The summed E-state index contributed by atoms with van der Waals surface area (Å²) >= 11 is 0. The van der Waals surface area contributed by atoms with Gasteiger partial charge in [-0.1, -0.05) is 24.3 Å². The molecule has 0 aromatic heterocycles. The standard InChI is InChI=1S/C36H54N2O13/c39-23-14-24(19-8-10-22(11-9-19)47-21-6-2-3-7-21)48-25-15-26(30(28(40)27(23)25)51-35(45)12-4-1-5-13-35)49-34-29(41)31(42)36(46,32(50-34)33(43)44)16-20-17-37-18-38-20/h17-19,21-32,34,39-42,45-46H,1-16H2/p+1/t19?,22?,23?,24?,25?,26?,27?,28?,29-,30?,31+,32-,34+,36+/m1/s1. The van der Waals surface area contributed by atoms with Crippen LogP contribution in [0, 0.1) is 24.5 Å². The van der Waals surface area contributed by atoms with E-state index in [4.69, 9.17) is 23.7 Å². The highest BCUT2D eigenvalue weighted by Gasteiger charge is 2.62. The van der Waals surface area contributed by atoms with Crippen LogP contribution in [-0.2, 0) is 23.7 Å². The van der Waals surface area contributed by atoms with Crippen molar-refractivity contribution >= 4 is 12.2 Å². The first-order valence-corrected chi connectivity index (χ1v) is 19.1. The number of aliphatic imine (C=N–C) groups is 1. The van der Waals surface area contributed by atoms with E-state index >= 15 is 0 Å². The Morgan fingerprint density at radius 2 is 1.65 bits per heavy atom. The molecular weight excluding hydrogens is 668 g/mol. The van der Waals surface area contributed by atoms with Gasteiger partial charge in [0.25, 0.3) is 0 Å². The van der Waals surface area contributed by atoms with Gasteiger partial charge < -0.3 is 64.2 Å². The van der Waals surface area contributed by atoms with Crippen LogP contribution in [0.15, 0.2) is 4.99 Å². The monoisotopic (exact) mass is 723 g/mol. The Bertz CT molecular complexity index is 1210. The number of aliphatic carboxylic acids is 1. The van der Waals surface area contributed by atoms with Gasteiger partial charge in [-0.2, -0.15) is 0 Å². The Morgan fingerprint density at radius 1 is 0.941 bits per heavy atom. The second-order valence-corrected chi connectivity index (χ2v) is 16.1. The van der Waals surface area contributed by atoms with Crippen molar-refractivity contribution in [3.63, 3.8) is 0 Å². The summed E-state index contributed by atoms with van der Waals surface area (Å²) in [5.74, 6) is -3.89. The van der Waals surface area contributed by atoms with Gasteiger partial charge in [-0.15, -0.1) is 0 Å². The van der Waals surface area contributed by atoms with Gasteiger partial charge in [0.1, 0.15) is 30.8 Å². The number of fused-ring (bicyclic) bond motifs is 1. The van der Waals surface area contributed by atoms with Crippen molar-refractivity contribution in [1.29, 1.82) is 0 Å². The Labute approximate surface area is 298 Å². The van der Waals surface area contributed by atoms with Gasteiger partial charge in [-0.05, 0) is 51.4 Å². The molecule has 0 aromatic carbocycles. The van der Waals surface area contributed by atoms with Crippen LogP contribution in [0.25, 0.3) is 5.32 Å². The molecule has 51 heavy (non-hydrogen) atoms. The van der Waals surface area contributed by atoms with E-state index in [9.17, 15) is 40.5 Å². The lowest BCUT2D eigenvalue weighted by Crippen LogP contribution is -2.71. The number of aliphatic hydroxyl groups is 8. The Morgan fingerprint density at radius 3 is 2.31 bits per heavy atom. The van der Waals surface area contributed by atoms with E-state index in [1.54, 1.807) is 0 Å². The van der Waals surface area contributed by atoms with Crippen molar-refractivity contribution < 1.29 is 64.2 Å². The van der Waals surface area contributed by atoms with Gasteiger partial charge in [0.15, 0.2) is 35.9 Å². The van der Waals surface area contributed by atoms with Crippen molar-refractivity contribution in [3.05, 3.63) is 18.0 Å². The van der Waals surface area contributed by atoms with Gasteiger partial charge >= 0.3 is 6.21 Å². The molecule has 0 aromatic rings. The minimum atomic E-state index is -2.54. The fourth-order valence-corrected chi connectivity index (χ4v) is 9.84. The van der Waals surface area contributed by atoms with E-state index in [1.165, 1.54) is 25.7 Å². The highest BCUT2D eigenvalue weighted by atomic mass is 16.7. The number of carbonyl (C=O) groups excluding carboxylic acids is 1. The predicted octanol–water partition coefficient (Wildman–Crippen LogP) is -0.235. The molecule has 7 rings (SSSR count). The largest absolute Gasteiger partial charge is 0.547 e. The minimum absolute atomic E-state index is 0.0994. The highest BCUT2D eigenvalue weighted by molar-refractivity contribution is 5.82. The fourth-order valence-electron chi connectivity index (χ4n) is 9.84. The van der Waals surface area contributed by atoms with Crippen LogP contribution < -0.4 is 5.11 Å². The summed E-state index contributed by atoms with van der Waals surface area (Å²) in [4.78, 5) is 16.1. The van der Waals surface area contributed by atoms with Crippen LogP contribution in [0.2, 0.25) is 0 Å². The van der Waals surface area contributed by atoms with Gasteiger partial charge in [0.2, 0.25) is 0 Å². The molecule has 3 heterocycles. The molecule has 286 valence electrons. The van der Waals surface area contributed by atoms with Gasteiger partial charge in [-0.3, -0.25) is 5.32 Å². The molecule has 15 nitrogen and oxygen atoms in total. The van der Waals surface area contributed by atoms with Crippen LogP contribution in [0.5, 0.6) is 0 Å². The van der Waals surface area contributed by atoms with E-state index in [0.717, 1.165) is 44.9 Å². The molecule has 0 radical (unpaired) electrons. The number of hydrogen-bond donors (Lipinski definition) is 6. The van der Waals surface area contributed by atoms with E-state index in [-0.39, 0.29) is 30.6 Å². The summed E-state index contributed by atoms with van der Waals surface area (Å²) in [7, 11) is 0. The topological polar surface area (TPSA) is 238 Å². The zero-order chi connectivity index (χ0) is 35.9. The second-order valence-electron chi connectivity index (χ2n) is 16.1. The SMILES string of the molecule is O=C([O-])[C@H]1O[C@H](OC2CC3[OH+]C(C4CCC(OC5CCCC5)CC4)CC(O)C3C(O)C2OC2(O)CCCCC2)[C@H](O)[C@H](O)[C@@]1(O)C[C+]1C=N[CH+][N-]1. The maximum absolute atomic E-state index is 12.3. The van der Waals surface area contributed by atoms with E-state index in [2.05, 4.69) is 10.3 Å². The molecule has 12 atom stereocenters. The number of nitrogens with zero attached hydrogens (tertiary/aromatic N) is 2. The number of aliphatic hydroxyl groups excluding tert-OH is 4. The van der Waals surface area contributed by atoms with Gasteiger partial charge in [0.05, 0.1) is 49.1 Å². The summed E-state index contributed by atoms with van der Waals surface area (Å²) in [5.41, 5.74) is -2.54. The summed E-state index contributed by atoms with van der Waals surface area (Å²) in [6.45, 7) is 1.20. The molecule has 6 fully saturated rings. The van der Waals surface area contributed by atoms with Gasteiger partial charge in [-0.25, -0.2) is 0 Å². The van der Waals surface area contributed by atoms with Crippen LogP contribution in [-0.4, -0.2) is 132 Å². The number of carboxylic acid groups (broad SMARTS) is 1. The summed E-state index contributed by atoms with van der Waals surface area (Å²) in [6.07, 6.45) is -0.0112. The molecule has 7 aliphatic rings. The van der Waals surface area contributed by atoms with Crippen molar-refractivity contribution in [2.45, 2.75) is 188 Å². The van der Waals surface area contributed by atoms with E-state index < -0.39 is 84.8 Å². The summed E-state index contributed by atoms with van der Waals surface area (Å²) in [6, 6.07) is 0.162. The normalized spacial score (nSPS) is 46.1. The zero-order valence-electron chi connectivity index (χ0n) is 29.0. The molecule has 2 saturated heterocycles. The van der Waals surface area contributed by atoms with Crippen LogP contribution in [0.4, 0.5) is 0 Å². The van der Waals surface area contributed by atoms with Crippen molar-refractivity contribution in [2.75, 3.05) is 0 Å². The first-order valence-electron chi connectivity index (χ1n) is 19.1. The van der Waals surface area contributed by atoms with Crippen molar-refractivity contribution in [2.24, 2.45) is 16.8 Å². The first kappa shape index (κ1) is 37.7. The zero-order valence-corrected chi connectivity index (χ0v) is 29.0. The van der Waals surface area contributed by atoms with Crippen molar-refractivity contribution in [1.82, 2.24) is 0 Å². The van der Waals surface area contributed by atoms with E-state index in [0.29, 0.717) is 38.2 Å². The highest BCUT2D eigenvalue weighted by Crippen LogP contribution is 2.45. The molecule has 15 heteroatoms. The van der Waals surface area contributed by atoms with E-state index in [1.807, 2.05) is 0 Å². The number of rotatable bonds is 10. The lowest BCUT2D eigenvalue weighted by Gasteiger charge is -2.52. The molecule has 0 spiro atoms. The molecule has 0 bridgehead atoms. The number of carbonyl (C=O) groups is 1. The smallest absolute Gasteiger partial charge is 0.301 e. The minimum Gasteiger partial charge on any atom is -0.547 e. The molecule has 4 aliphatic carbocycles.